The number of aryl methyl sites for hydroxylation is 1. The van der Waals surface area contributed by atoms with Crippen LogP contribution in [0.2, 0.25) is 0 Å². The lowest BCUT2D eigenvalue weighted by atomic mass is 10.1. The molecule has 7 heteroatoms. The van der Waals surface area contributed by atoms with Crippen LogP contribution in [0.1, 0.15) is 33.3 Å². The number of carbonyl (C=O) groups is 2. The van der Waals surface area contributed by atoms with Gasteiger partial charge in [0.2, 0.25) is 11.8 Å². The summed E-state index contributed by atoms with van der Waals surface area (Å²) in [6.07, 6.45) is 3.62. The van der Waals surface area contributed by atoms with Crippen LogP contribution in [0, 0.1) is 6.92 Å². The van der Waals surface area contributed by atoms with Gasteiger partial charge in [0, 0.05) is 24.5 Å². The summed E-state index contributed by atoms with van der Waals surface area (Å²) in [5, 5.41) is 3.65. The molecule has 0 aliphatic rings. The number of benzene rings is 1. The molecule has 0 saturated heterocycles. The van der Waals surface area contributed by atoms with Gasteiger partial charge in [-0.1, -0.05) is 30.0 Å². The zero-order chi connectivity index (χ0) is 20.0. The fourth-order valence-corrected chi connectivity index (χ4v) is 3.51. The number of aromatic nitrogens is 2. The van der Waals surface area contributed by atoms with E-state index in [4.69, 9.17) is 0 Å². The van der Waals surface area contributed by atoms with Gasteiger partial charge in [-0.3, -0.25) is 14.2 Å². The molecule has 1 aromatic carbocycles. The Hall–Kier alpha value is -2.28. The molecular weight excluding hydrogens is 360 g/mol. The molecule has 0 spiro atoms. The maximum atomic E-state index is 12.6. The van der Waals surface area contributed by atoms with E-state index in [0.717, 1.165) is 16.4 Å². The van der Waals surface area contributed by atoms with Gasteiger partial charge in [0.15, 0.2) is 5.16 Å². The average Bonchev–Trinajstić information content (AvgIpc) is 3.04. The fraction of sp³-hybridized carbons (Fsp3) is 0.450. The molecule has 2 rings (SSSR count). The zero-order valence-corrected chi connectivity index (χ0v) is 17.5. The number of hydrogen-bond donors (Lipinski definition) is 1. The van der Waals surface area contributed by atoms with Crippen LogP contribution in [-0.4, -0.2) is 50.6 Å². The number of rotatable bonds is 7. The lowest BCUT2D eigenvalue weighted by Crippen LogP contribution is -2.47. The molecule has 0 atom stereocenters. The van der Waals surface area contributed by atoms with Crippen LogP contribution in [0.4, 0.5) is 0 Å². The van der Waals surface area contributed by atoms with Crippen LogP contribution in [0.5, 0.6) is 0 Å². The van der Waals surface area contributed by atoms with Gasteiger partial charge in [-0.05, 0) is 46.2 Å². The summed E-state index contributed by atoms with van der Waals surface area (Å²) in [5.74, 6) is 0.00880. The third-order valence-electron chi connectivity index (χ3n) is 3.89. The van der Waals surface area contributed by atoms with Gasteiger partial charge in [0.1, 0.15) is 0 Å². The summed E-state index contributed by atoms with van der Waals surface area (Å²) >= 11 is 1.38. The number of para-hydroxylation sites is 1. The van der Waals surface area contributed by atoms with Crippen LogP contribution < -0.4 is 5.32 Å². The van der Waals surface area contributed by atoms with E-state index in [-0.39, 0.29) is 29.7 Å². The molecule has 0 radical (unpaired) electrons. The number of carbonyl (C=O) groups excluding carboxylic acids is 2. The van der Waals surface area contributed by atoms with Crippen molar-refractivity contribution in [1.82, 2.24) is 19.8 Å². The summed E-state index contributed by atoms with van der Waals surface area (Å²) < 4.78 is 1.98. The molecule has 2 amide bonds. The minimum absolute atomic E-state index is 0.0688. The fourth-order valence-electron chi connectivity index (χ4n) is 2.64. The molecule has 0 aliphatic heterocycles. The highest BCUT2D eigenvalue weighted by molar-refractivity contribution is 7.99. The molecule has 6 nitrogen and oxygen atoms in total. The lowest BCUT2D eigenvalue weighted by Gasteiger charge is -2.25. The van der Waals surface area contributed by atoms with Gasteiger partial charge in [-0.25, -0.2) is 4.98 Å². The van der Waals surface area contributed by atoms with Crippen molar-refractivity contribution in [3.8, 4) is 5.69 Å². The first-order valence-electron chi connectivity index (χ1n) is 9.02. The largest absolute Gasteiger partial charge is 0.350 e. The van der Waals surface area contributed by atoms with E-state index in [1.807, 2.05) is 69.6 Å². The van der Waals surface area contributed by atoms with E-state index in [0.29, 0.717) is 6.54 Å². The third kappa shape index (κ3) is 6.13. The Labute approximate surface area is 165 Å². The van der Waals surface area contributed by atoms with Crippen molar-refractivity contribution in [2.45, 2.75) is 45.3 Å². The summed E-state index contributed by atoms with van der Waals surface area (Å²) in [4.78, 5) is 30.6. The van der Waals surface area contributed by atoms with Crippen LogP contribution >= 0.6 is 11.8 Å². The van der Waals surface area contributed by atoms with E-state index in [1.165, 1.54) is 11.8 Å². The number of hydrogen-bond acceptors (Lipinski definition) is 4. The van der Waals surface area contributed by atoms with Gasteiger partial charge in [-0.2, -0.15) is 0 Å². The lowest BCUT2D eigenvalue weighted by molar-refractivity contribution is -0.134. The third-order valence-corrected chi connectivity index (χ3v) is 4.84. The Balaban J connectivity index is 2.00. The second kappa shape index (κ2) is 9.08. The minimum Gasteiger partial charge on any atom is -0.350 e. The second-order valence-corrected chi connectivity index (χ2v) is 8.30. The molecule has 0 bridgehead atoms. The van der Waals surface area contributed by atoms with Gasteiger partial charge in [0.25, 0.3) is 0 Å². The maximum absolute atomic E-state index is 12.6. The molecule has 0 aliphatic carbocycles. The smallest absolute Gasteiger partial charge is 0.240 e. The van der Waals surface area contributed by atoms with Crippen LogP contribution in [0.15, 0.2) is 41.8 Å². The van der Waals surface area contributed by atoms with Crippen molar-refractivity contribution in [1.29, 1.82) is 0 Å². The Morgan fingerprint density at radius 2 is 1.96 bits per heavy atom. The Morgan fingerprint density at radius 1 is 1.26 bits per heavy atom. The molecule has 2 aromatic rings. The predicted molar refractivity (Wildman–Crippen MR) is 109 cm³/mol. The molecule has 146 valence electrons. The highest BCUT2D eigenvalue weighted by Gasteiger charge is 2.20. The minimum atomic E-state index is -0.313. The number of thioether (sulfide) groups is 1. The van der Waals surface area contributed by atoms with Gasteiger partial charge >= 0.3 is 0 Å². The van der Waals surface area contributed by atoms with Gasteiger partial charge in [-0.15, -0.1) is 0 Å². The van der Waals surface area contributed by atoms with Crippen LogP contribution in [0.25, 0.3) is 5.69 Å². The molecule has 0 unspecified atom stereocenters. The molecule has 27 heavy (non-hydrogen) atoms. The molecule has 1 heterocycles. The highest BCUT2D eigenvalue weighted by atomic mass is 32.2. The molecule has 1 aromatic heterocycles. The first-order valence-corrected chi connectivity index (χ1v) is 10.0. The molecule has 1 N–H and O–H groups in total. The molecule has 0 saturated carbocycles. The number of likely N-dealkylation sites (N-methyl/N-ethyl adjacent to an activating group) is 1. The standard InChI is InChI=1S/C20H28N4O2S/c1-6-23(13-17(25)22-20(3,4)5)18(26)14-27-19-21-11-12-24(19)16-10-8-7-9-15(16)2/h7-12H,6,13-14H2,1-5H3,(H,22,25). The van der Waals surface area contributed by atoms with Crippen molar-refractivity contribution in [2.75, 3.05) is 18.8 Å². The van der Waals surface area contributed by atoms with Crippen LogP contribution in [-0.2, 0) is 9.59 Å². The normalized spacial score (nSPS) is 11.3. The molecular formula is C20H28N4O2S. The van der Waals surface area contributed by atoms with E-state index in [2.05, 4.69) is 10.3 Å². The van der Waals surface area contributed by atoms with Crippen LogP contribution in [0.3, 0.4) is 0 Å². The number of nitrogens with zero attached hydrogens (tertiary/aromatic N) is 3. The Morgan fingerprint density at radius 3 is 2.59 bits per heavy atom. The number of nitrogens with one attached hydrogen (secondary N) is 1. The number of imidazole rings is 1. The predicted octanol–water partition coefficient (Wildman–Crippen LogP) is 3.04. The van der Waals surface area contributed by atoms with E-state index >= 15 is 0 Å². The van der Waals surface area contributed by atoms with Gasteiger partial charge < -0.3 is 10.2 Å². The van der Waals surface area contributed by atoms with Gasteiger partial charge in [0.05, 0.1) is 18.0 Å². The van der Waals surface area contributed by atoms with Crippen molar-refractivity contribution in [3.05, 3.63) is 42.2 Å². The Kier molecular flexibility index (Phi) is 7.07. The van der Waals surface area contributed by atoms with Crippen molar-refractivity contribution in [2.24, 2.45) is 0 Å². The molecule has 0 fully saturated rings. The summed E-state index contributed by atoms with van der Waals surface area (Å²) in [7, 11) is 0. The van der Waals surface area contributed by atoms with Crippen molar-refractivity contribution < 1.29 is 9.59 Å². The maximum Gasteiger partial charge on any atom is 0.240 e. The summed E-state index contributed by atoms with van der Waals surface area (Å²) in [6.45, 7) is 10.2. The first kappa shape index (κ1) is 21.0. The average molecular weight is 389 g/mol. The quantitative estimate of drug-likeness (QED) is 0.741. The second-order valence-electron chi connectivity index (χ2n) is 7.36. The van der Waals surface area contributed by atoms with E-state index in [9.17, 15) is 9.59 Å². The zero-order valence-electron chi connectivity index (χ0n) is 16.7. The summed E-state index contributed by atoms with van der Waals surface area (Å²) in [5.41, 5.74) is 1.87. The first-order chi connectivity index (χ1) is 12.7. The monoisotopic (exact) mass is 388 g/mol. The summed E-state index contributed by atoms with van der Waals surface area (Å²) in [6, 6.07) is 8.04. The SMILES string of the molecule is CCN(CC(=O)NC(C)(C)C)C(=O)CSc1nccn1-c1ccccc1C. The van der Waals surface area contributed by atoms with Crippen molar-refractivity contribution >= 4 is 23.6 Å². The number of amides is 2. The topological polar surface area (TPSA) is 67.2 Å². The van der Waals surface area contributed by atoms with Crippen molar-refractivity contribution in [3.63, 3.8) is 0 Å². The van der Waals surface area contributed by atoms with E-state index in [1.54, 1.807) is 11.1 Å². The Bertz CT molecular complexity index is 795. The van der Waals surface area contributed by atoms with E-state index < -0.39 is 0 Å². The highest BCUT2D eigenvalue weighted by Crippen LogP contribution is 2.22.